The molecule has 0 amide bonds. The third-order valence-electron chi connectivity index (χ3n) is 4.07. The number of carbonyl (C=O) groups excluding carboxylic acids is 1. The van der Waals surface area contributed by atoms with E-state index in [0.29, 0.717) is 5.56 Å². The molecule has 0 aliphatic rings. The predicted molar refractivity (Wildman–Crippen MR) is 94.7 cm³/mol. The number of esters is 1. The molecule has 0 bridgehead atoms. The summed E-state index contributed by atoms with van der Waals surface area (Å²) in [6.45, 7) is 0. The normalized spacial score (nSPS) is 12.1. The highest BCUT2D eigenvalue weighted by molar-refractivity contribution is 6.32. The number of aromatic hydroxyl groups is 2. The predicted octanol–water partition coefficient (Wildman–Crippen LogP) is 2.45. The molecule has 0 saturated carbocycles. The number of pyridine rings is 1. The second-order valence-electron chi connectivity index (χ2n) is 5.63. The summed E-state index contributed by atoms with van der Waals surface area (Å²) < 4.78 is 5.99. The van der Waals surface area contributed by atoms with Crippen molar-refractivity contribution in [3.8, 4) is 11.6 Å². The van der Waals surface area contributed by atoms with Gasteiger partial charge in [-0.1, -0.05) is 23.7 Å². The average molecular weight is 375 g/mol. The Labute approximate surface area is 153 Å². The minimum absolute atomic E-state index is 0.0548. The van der Waals surface area contributed by atoms with Gasteiger partial charge in [0.1, 0.15) is 11.4 Å². The maximum Gasteiger partial charge on any atom is 0.306 e. The largest absolute Gasteiger partial charge is 0.506 e. The summed E-state index contributed by atoms with van der Waals surface area (Å²) in [5.41, 5.74) is 0.176. The molecule has 1 aromatic carbocycles. The van der Waals surface area contributed by atoms with Crippen LogP contribution in [0, 0.1) is 0 Å². The maximum absolute atomic E-state index is 12.9. The second kappa shape index (κ2) is 7.05. The number of hydrogen-bond donors (Lipinski definition) is 2. The molecular weight excluding hydrogens is 360 g/mol. The van der Waals surface area contributed by atoms with Crippen LogP contribution in [0.4, 0.5) is 0 Å². The van der Waals surface area contributed by atoms with E-state index in [9.17, 15) is 19.8 Å². The zero-order chi connectivity index (χ0) is 18.8. The number of hydrogen-bond acceptors (Lipinski definition) is 6. The quantitative estimate of drug-likeness (QED) is 0.680. The third kappa shape index (κ3) is 3.21. The zero-order valence-corrected chi connectivity index (χ0v) is 14.5. The average Bonchev–Trinajstić information content (AvgIpc) is 2.63. The number of rotatable bonds is 4. The van der Waals surface area contributed by atoms with Gasteiger partial charge in [-0.2, -0.15) is 4.98 Å². The molecular formula is C18H15ClN2O5. The molecule has 7 nitrogen and oxygen atoms in total. The number of phenols is 1. The molecule has 0 radical (unpaired) electrons. The Balaban J connectivity index is 2.24. The lowest BCUT2D eigenvalue weighted by molar-refractivity contribution is -0.140. The van der Waals surface area contributed by atoms with Crippen molar-refractivity contribution in [1.82, 2.24) is 9.38 Å². The van der Waals surface area contributed by atoms with Crippen LogP contribution in [0.5, 0.6) is 11.6 Å². The summed E-state index contributed by atoms with van der Waals surface area (Å²) in [6, 6.07) is 9.23. The number of carbonyl (C=O) groups is 1. The molecule has 0 saturated heterocycles. The standard InChI is InChI=1S/C18H15ClN2O5/c1-26-15(23)9-11(10-5-6-13(22)12(19)8-10)16-17(24)20-14-4-2-3-7-21(14)18(16)25/h2-8,11,22,24H,9H2,1H3. The number of nitrogens with zero attached hydrogens (tertiary/aromatic N) is 2. The number of methoxy groups -OCH3 is 1. The topological polar surface area (TPSA) is 101 Å². The van der Waals surface area contributed by atoms with Gasteiger partial charge in [0, 0.05) is 12.1 Å². The highest BCUT2D eigenvalue weighted by Gasteiger charge is 2.27. The van der Waals surface area contributed by atoms with Gasteiger partial charge in [0.05, 0.1) is 24.1 Å². The van der Waals surface area contributed by atoms with Crippen LogP contribution in [0.1, 0.15) is 23.5 Å². The van der Waals surface area contributed by atoms with Crippen molar-refractivity contribution in [3.05, 3.63) is 69.1 Å². The Bertz CT molecular complexity index is 1050. The molecule has 3 rings (SSSR count). The minimum atomic E-state index is -0.849. The summed E-state index contributed by atoms with van der Waals surface area (Å²) in [6.07, 6.45) is 1.31. The number of halogens is 1. The Hall–Kier alpha value is -3.06. The molecule has 26 heavy (non-hydrogen) atoms. The van der Waals surface area contributed by atoms with Gasteiger partial charge in [-0.05, 0) is 29.8 Å². The first kappa shape index (κ1) is 17.8. The molecule has 2 N–H and O–H groups in total. The van der Waals surface area contributed by atoms with E-state index in [2.05, 4.69) is 4.98 Å². The van der Waals surface area contributed by atoms with E-state index in [1.54, 1.807) is 18.2 Å². The van der Waals surface area contributed by atoms with Gasteiger partial charge in [-0.25, -0.2) is 0 Å². The van der Waals surface area contributed by atoms with Gasteiger partial charge in [0.2, 0.25) is 5.88 Å². The van der Waals surface area contributed by atoms with Crippen molar-refractivity contribution in [2.75, 3.05) is 7.11 Å². The van der Waals surface area contributed by atoms with E-state index in [1.165, 1.54) is 35.9 Å². The molecule has 2 heterocycles. The van der Waals surface area contributed by atoms with Crippen LogP contribution in [-0.2, 0) is 9.53 Å². The first-order chi connectivity index (χ1) is 12.4. The van der Waals surface area contributed by atoms with Crippen LogP contribution >= 0.6 is 11.6 Å². The van der Waals surface area contributed by atoms with E-state index < -0.39 is 23.3 Å². The summed E-state index contributed by atoms with van der Waals surface area (Å²) in [7, 11) is 1.23. The van der Waals surface area contributed by atoms with Gasteiger partial charge >= 0.3 is 5.97 Å². The van der Waals surface area contributed by atoms with Crippen molar-refractivity contribution in [2.45, 2.75) is 12.3 Å². The van der Waals surface area contributed by atoms with E-state index in [-0.39, 0.29) is 28.4 Å². The lowest BCUT2D eigenvalue weighted by Gasteiger charge is -2.18. The molecule has 1 unspecified atom stereocenters. The first-order valence-corrected chi connectivity index (χ1v) is 8.05. The molecule has 3 aromatic rings. The zero-order valence-electron chi connectivity index (χ0n) is 13.7. The van der Waals surface area contributed by atoms with Crippen LogP contribution in [0.25, 0.3) is 5.65 Å². The highest BCUT2D eigenvalue weighted by atomic mass is 35.5. The van der Waals surface area contributed by atoms with Crippen molar-refractivity contribution < 1.29 is 19.7 Å². The van der Waals surface area contributed by atoms with Crippen LogP contribution in [0.3, 0.4) is 0 Å². The van der Waals surface area contributed by atoms with E-state index in [4.69, 9.17) is 16.3 Å². The van der Waals surface area contributed by atoms with Crippen molar-refractivity contribution in [1.29, 1.82) is 0 Å². The molecule has 134 valence electrons. The smallest absolute Gasteiger partial charge is 0.306 e. The lowest BCUT2D eigenvalue weighted by atomic mass is 9.89. The Morgan fingerprint density at radius 1 is 1.31 bits per heavy atom. The fourth-order valence-corrected chi connectivity index (χ4v) is 2.96. The molecule has 0 aliphatic carbocycles. The molecule has 0 fully saturated rings. The Morgan fingerprint density at radius 2 is 2.08 bits per heavy atom. The van der Waals surface area contributed by atoms with Crippen molar-refractivity contribution in [3.63, 3.8) is 0 Å². The van der Waals surface area contributed by atoms with Gasteiger partial charge in [-0.15, -0.1) is 0 Å². The molecule has 2 aromatic heterocycles. The first-order valence-electron chi connectivity index (χ1n) is 7.68. The monoisotopic (exact) mass is 374 g/mol. The number of ether oxygens (including phenoxy) is 1. The van der Waals surface area contributed by atoms with Crippen molar-refractivity contribution >= 4 is 23.2 Å². The third-order valence-corrected chi connectivity index (χ3v) is 4.37. The maximum atomic E-state index is 12.9. The second-order valence-corrected chi connectivity index (χ2v) is 6.03. The SMILES string of the molecule is COC(=O)CC(c1ccc(O)c(Cl)c1)c1c(O)nc2ccccn2c1=O. The number of phenolic OH excluding ortho intramolecular Hbond substituents is 1. The summed E-state index contributed by atoms with van der Waals surface area (Å²) in [4.78, 5) is 28.8. The van der Waals surface area contributed by atoms with E-state index in [0.717, 1.165) is 0 Å². The van der Waals surface area contributed by atoms with Crippen molar-refractivity contribution in [2.24, 2.45) is 0 Å². The molecule has 0 spiro atoms. The van der Waals surface area contributed by atoms with Crippen LogP contribution in [-0.4, -0.2) is 32.7 Å². The fraction of sp³-hybridized carbons (Fsp3) is 0.167. The van der Waals surface area contributed by atoms with Gasteiger partial charge < -0.3 is 14.9 Å². The van der Waals surface area contributed by atoms with Gasteiger partial charge in [0.15, 0.2) is 0 Å². The highest BCUT2D eigenvalue weighted by Crippen LogP contribution is 2.34. The van der Waals surface area contributed by atoms with E-state index >= 15 is 0 Å². The number of fused-ring (bicyclic) bond motifs is 1. The van der Waals surface area contributed by atoms with Gasteiger partial charge in [-0.3, -0.25) is 14.0 Å². The minimum Gasteiger partial charge on any atom is -0.506 e. The number of benzene rings is 1. The summed E-state index contributed by atoms with van der Waals surface area (Å²) in [5.74, 6) is -2.03. The van der Waals surface area contributed by atoms with Crippen LogP contribution in [0.2, 0.25) is 5.02 Å². The Kier molecular flexibility index (Phi) is 4.81. The Morgan fingerprint density at radius 3 is 2.77 bits per heavy atom. The van der Waals surface area contributed by atoms with E-state index in [1.807, 2.05) is 0 Å². The summed E-state index contributed by atoms with van der Waals surface area (Å²) >= 11 is 5.96. The van der Waals surface area contributed by atoms with Crippen LogP contribution in [0.15, 0.2) is 47.4 Å². The molecule has 8 heteroatoms. The number of aromatic nitrogens is 2. The molecule has 0 aliphatic heterocycles. The summed E-state index contributed by atoms with van der Waals surface area (Å²) in [5, 5.41) is 20.1. The van der Waals surface area contributed by atoms with Gasteiger partial charge in [0.25, 0.3) is 5.56 Å². The van der Waals surface area contributed by atoms with Crippen LogP contribution < -0.4 is 5.56 Å². The lowest BCUT2D eigenvalue weighted by Crippen LogP contribution is -2.24. The molecule has 1 atom stereocenters. The fourth-order valence-electron chi connectivity index (χ4n) is 2.77.